The van der Waals surface area contributed by atoms with Gasteiger partial charge in [0.25, 0.3) is 0 Å². The van der Waals surface area contributed by atoms with Crippen molar-refractivity contribution in [3.05, 3.63) is 30.5 Å². The molecule has 1 fully saturated rings. The van der Waals surface area contributed by atoms with E-state index < -0.39 is 0 Å². The standard InChI is InChI=1S/C12H16N4/c1-4-14-12-9-15-11(16(12)7-1)8-10-2-5-13-6-3-10/h1,4,7,9-10,13H,2-3,5-6,8H2. The Kier molecular flexibility index (Phi) is 2.58. The van der Waals surface area contributed by atoms with Gasteiger partial charge in [0.1, 0.15) is 5.82 Å². The summed E-state index contributed by atoms with van der Waals surface area (Å²) in [5, 5.41) is 3.39. The third-order valence-corrected chi connectivity index (χ3v) is 3.31. The van der Waals surface area contributed by atoms with Crippen LogP contribution in [0.1, 0.15) is 18.7 Å². The molecule has 1 N–H and O–H groups in total. The minimum Gasteiger partial charge on any atom is -0.317 e. The number of imidazole rings is 1. The first-order chi connectivity index (χ1) is 7.93. The molecule has 16 heavy (non-hydrogen) atoms. The maximum atomic E-state index is 4.47. The zero-order chi connectivity index (χ0) is 10.8. The number of nitrogens with zero attached hydrogens (tertiary/aromatic N) is 3. The summed E-state index contributed by atoms with van der Waals surface area (Å²) >= 11 is 0. The van der Waals surface area contributed by atoms with Crippen LogP contribution < -0.4 is 5.32 Å². The number of hydrogen-bond donors (Lipinski definition) is 1. The Morgan fingerprint density at radius 2 is 2.19 bits per heavy atom. The van der Waals surface area contributed by atoms with Crippen molar-refractivity contribution < 1.29 is 0 Å². The van der Waals surface area contributed by atoms with Crippen molar-refractivity contribution in [2.24, 2.45) is 5.92 Å². The summed E-state index contributed by atoms with van der Waals surface area (Å²) < 4.78 is 2.10. The highest BCUT2D eigenvalue weighted by Crippen LogP contribution is 2.17. The first kappa shape index (κ1) is 9.78. The van der Waals surface area contributed by atoms with Crippen molar-refractivity contribution in [2.45, 2.75) is 19.3 Å². The van der Waals surface area contributed by atoms with Gasteiger partial charge in [-0.1, -0.05) is 0 Å². The van der Waals surface area contributed by atoms with Gasteiger partial charge in [0, 0.05) is 18.8 Å². The van der Waals surface area contributed by atoms with Crippen LogP contribution in [0.2, 0.25) is 0 Å². The molecule has 0 amide bonds. The highest BCUT2D eigenvalue weighted by atomic mass is 15.1. The van der Waals surface area contributed by atoms with Crippen LogP contribution in [0.5, 0.6) is 0 Å². The van der Waals surface area contributed by atoms with Crippen molar-refractivity contribution in [1.29, 1.82) is 0 Å². The van der Waals surface area contributed by atoms with Crippen molar-refractivity contribution in [3.8, 4) is 0 Å². The number of rotatable bonds is 2. The normalized spacial score (nSPS) is 18.0. The van der Waals surface area contributed by atoms with Gasteiger partial charge in [-0.15, -0.1) is 0 Å². The van der Waals surface area contributed by atoms with E-state index in [1.54, 1.807) is 0 Å². The molecule has 0 unspecified atom stereocenters. The molecule has 0 bridgehead atoms. The average molecular weight is 216 g/mol. The maximum Gasteiger partial charge on any atom is 0.156 e. The second-order valence-corrected chi connectivity index (χ2v) is 4.42. The first-order valence-electron chi connectivity index (χ1n) is 5.91. The predicted octanol–water partition coefficient (Wildman–Crippen LogP) is 1.27. The van der Waals surface area contributed by atoms with Crippen LogP contribution in [-0.2, 0) is 6.42 Å². The number of fused-ring (bicyclic) bond motifs is 1. The van der Waals surface area contributed by atoms with Crippen LogP contribution in [-0.4, -0.2) is 27.5 Å². The van der Waals surface area contributed by atoms with Crippen molar-refractivity contribution in [3.63, 3.8) is 0 Å². The summed E-state index contributed by atoms with van der Waals surface area (Å²) in [6, 6.07) is 1.96. The molecule has 0 radical (unpaired) electrons. The minimum atomic E-state index is 0.770. The summed E-state index contributed by atoms with van der Waals surface area (Å²) in [5.74, 6) is 1.92. The van der Waals surface area contributed by atoms with E-state index in [4.69, 9.17) is 0 Å². The molecule has 0 saturated carbocycles. The van der Waals surface area contributed by atoms with Gasteiger partial charge in [-0.2, -0.15) is 0 Å². The lowest BCUT2D eigenvalue weighted by Crippen LogP contribution is -2.29. The van der Waals surface area contributed by atoms with Gasteiger partial charge in [0.15, 0.2) is 5.65 Å². The van der Waals surface area contributed by atoms with Gasteiger partial charge in [-0.3, -0.25) is 4.40 Å². The highest BCUT2D eigenvalue weighted by molar-refractivity contribution is 5.36. The summed E-state index contributed by atoms with van der Waals surface area (Å²) in [5.41, 5.74) is 0.950. The third-order valence-electron chi connectivity index (χ3n) is 3.31. The Hall–Kier alpha value is -1.42. The summed E-state index contributed by atoms with van der Waals surface area (Å²) in [6.45, 7) is 2.29. The quantitative estimate of drug-likeness (QED) is 0.822. The number of nitrogens with one attached hydrogen (secondary N) is 1. The molecule has 3 heterocycles. The average Bonchev–Trinajstić information content (AvgIpc) is 2.74. The number of hydrogen-bond acceptors (Lipinski definition) is 3. The van der Waals surface area contributed by atoms with E-state index in [2.05, 4.69) is 19.7 Å². The zero-order valence-corrected chi connectivity index (χ0v) is 9.26. The zero-order valence-electron chi connectivity index (χ0n) is 9.26. The van der Waals surface area contributed by atoms with Crippen molar-refractivity contribution >= 4 is 5.65 Å². The van der Waals surface area contributed by atoms with E-state index in [0.717, 1.165) is 36.9 Å². The summed E-state index contributed by atoms with van der Waals surface area (Å²) in [4.78, 5) is 8.75. The Bertz CT molecular complexity index is 471. The topological polar surface area (TPSA) is 42.2 Å². The van der Waals surface area contributed by atoms with Crippen LogP contribution in [0.25, 0.3) is 5.65 Å². The molecule has 1 aliphatic heterocycles. The van der Waals surface area contributed by atoms with Gasteiger partial charge < -0.3 is 5.32 Å². The fourth-order valence-corrected chi connectivity index (χ4v) is 2.39. The smallest absolute Gasteiger partial charge is 0.156 e. The van der Waals surface area contributed by atoms with Crippen molar-refractivity contribution in [1.82, 2.24) is 19.7 Å². The highest BCUT2D eigenvalue weighted by Gasteiger charge is 2.15. The molecule has 0 aliphatic carbocycles. The molecule has 1 aliphatic rings. The van der Waals surface area contributed by atoms with Crippen LogP contribution in [0.4, 0.5) is 0 Å². The Morgan fingerprint density at radius 3 is 3.06 bits per heavy atom. The van der Waals surface area contributed by atoms with Crippen molar-refractivity contribution in [2.75, 3.05) is 13.1 Å². The Morgan fingerprint density at radius 1 is 1.31 bits per heavy atom. The molecule has 0 spiro atoms. The first-order valence-corrected chi connectivity index (χ1v) is 5.91. The molecule has 4 nitrogen and oxygen atoms in total. The van der Waals surface area contributed by atoms with E-state index in [-0.39, 0.29) is 0 Å². The molecular formula is C12H16N4. The van der Waals surface area contributed by atoms with Gasteiger partial charge in [-0.05, 0) is 37.9 Å². The fourth-order valence-electron chi connectivity index (χ4n) is 2.39. The van der Waals surface area contributed by atoms with E-state index in [0.29, 0.717) is 0 Å². The summed E-state index contributed by atoms with van der Waals surface area (Å²) in [7, 11) is 0. The lowest BCUT2D eigenvalue weighted by Gasteiger charge is -2.21. The van der Waals surface area contributed by atoms with Gasteiger partial charge in [-0.25, -0.2) is 9.97 Å². The molecule has 2 aromatic heterocycles. The van der Waals surface area contributed by atoms with E-state index in [9.17, 15) is 0 Å². The van der Waals surface area contributed by atoms with Crippen LogP contribution in [0, 0.1) is 5.92 Å². The second-order valence-electron chi connectivity index (χ2n) is 4.42. The molecular weight excluding hydrogens is 200 g/mol. The fraction of sp³-hybridized carbons (Fsp3) is 0.500. The predicted molar refractivity (Wildman–Crippen MR) is 62.3 cm³/mol. The SMILES string of the molecule is c1cnc2cnc(CC3CCNCC3)n2c1. The molecule has 3 rings (SSSR count). The van der Waals surface area contributed by atoms with E-state index in [1.807, 2.05) is 24.7 Å². The Labute approximate surface area is 94.7 Å². The molecule has 4 heteroatoms. The van der Waals surface area contributed by atoms with Crippen LogP contribution in [0.15, 0.2) is 24.7 Å². The minimum absolute atomic E-state index is 0.770. The molecule has 1 saturated heterocycles. The Balaban J connectivity index is 1.83. The van der Waals surface area contributed by atoms with Gasteiger partial charge >= 0.3 is 0 Å². The van der Waals surface area contributed by atoms with Crippen LogP contribution in [0.3, 0.4) is 0 Å². The largest absolute Gasteiger partial charge is 0.317 e. The molecule has 0 atom stereocenters. The summed E-state index contributed by atoms with van der Waals surface area (Å²) in [6.07, 6.45) is 9.30. The lowest BCUT2D eigenvalue weighted by molar-refractivity contribution is 0.367. The number of aromatic nitrogens is 3. The maximum absolute atomic E-state index is 4.47. The lowest BCUT2D eigenvalue weighted by atomic mass is 9.94. The van der Waals surface area contributed by atoms with Gasteiger partial charge in [0.05, 0.1) is 6.20 Å². The van der Waals surface area contributed by atoms with Crippen LogP contribution >= 0.6 is 0 Å². The molecule has 84 valence electrons. The van der Waals surface area contributed by atoms with E-state index >= 15 is 0 Å². The monoisotopic (exact) mass is 216 g/mol. The van der Waals surface area contributed by atoms with E-state index in [1.165, 1.54) is 12.8 Å². The molecule has 2 aromatic rings. The number of piperidine rings is 1. The second kappa shape index (κ2) is 4.22. The third kappa shape index (κ3) is 1.80. The van der Waals surface area contributed by atoms with Gasteiger partial charge in [0.2, 0.25) is 0 Å². The molecule has 0 aromatic carbocycles.